The number of methoxy groups -OCH3 is 1. The van der Waals surface area contributed by atoms with Gasteiger partial charge < -0.3 is 24.3 Å². The molecule has 0 saturated heterocycles. The van der Waals surface area contributed by atoms with E-state index < -0.39 is 108 Å². The Morgan fingerprint density at radius 1 is 0.364 bits per heavy atom. The molecule has 7 aromatic carbocycles. The molecule has 0 atom stereocenters. The number of halogens is 7. The van der Waals surface area contributed by atoms with Crippen molar-refractivity contribution < 1.29 is 93.1 Å². The summed E-state index contributed by atoms with van der Waals surface area (Å²) in [6.07, 6.45) is 6.98. The van der Waals surface area contributed by atoms with E-state index in [1.165, 1.54) is 109 Å². The lowest BCUT2D eigenvalue weighted by molar-refractivity contribution is -0.140. The zero-order valence-corrected chi connectivity index (χ0v) is 80.8. The van der Waals surface area contributed by atoms with Crippen LogP contribution < -0.4 is 0 Å². The molecule has 16 aromatic rings. The van der Waals surface area contributed by atoms with Gasteiger partial charge in [-0.05, 0) is 243 Å². The summed E-state index contributed by atoms with van der Waals surface area (Å²) >= 11 is 6.05. The van der Waals surface area contributed by atoms with Crippen LogP contribution in [-0.4, -0.2) is 143 Å². The van der Waals surface area contributed by atoms with Crippen molar-refractivity contribution in [3.8, 4) is 83.5 Å². The SMILES string of the molecule is CN1Cc2cc(-c3ccc(-c4cnc(F)c(CS(=O)(=O)c5ccccn5)c4)s3)ccc2C1=O.CN1Cc2cc(-c3ccc(-c4cncc(CS(=O)(=O)c5ccc(F)c(C(F)(F)F)c5)c4)s3)ccc2C1=O.CN1Cc2cc(-c3ccc(-c4cncc(CS(=O)(=O)c5ccc(F)cc5F)c4)s3)ccc2C1=O.COC(=O)c1cccc(S(=O)(=O)Cc2cncc(-c3ccc(-c4ccc5c(c4)CN(C)C5=O)s3)c2)c1. The number of hydrogen-bond acceptors (Lipinski definition) is 23. The standard InChI is InChI=1S/C27H22N2O5S2.C26H18F4N2O3S2.C25H18F2N2O3S2.C24H18FN3O3S2/c1-29-15-21-11-18(6-7-23(21)26(29)30)24-8-9-25(35-24)20-10-17(13-28-14-20)16-36(32,33)22-5-3-4-19(12-22)27(31)34-2;1-32-13-18-9-16(2-4-20(18)25(32)33)23-6-7-24(36-23)17-8-15(11-31-12-17)14-37(34,35)19-3-5-22(27)21(10-19)26(28,29)30;1-29-13-18-9-16(2-4-20(18)25(29)30)22-5-6-23(33-22)17-8-15(11-28-12-17)14-34(31,32)24-7-3-19(26)10-21(24)27;1-28-13-17-10-15(5-6-19(17)24(28)29)20-7-8-21(32-20)16-11-18(23(25)27-12-16)14-33(30,31)22-4-2-3-9-26-22/h3-14H,15-16H2,1-2H3;2-12H,13-14H2,1H3;2-12H,13-14H2,1H3;2-12H,13-14H2,1H3. The average molecular weight is 2040 g/mol. The second-order valence-corrected chi connectivity index (χ2v) is 45.4. The van der Waals surface area contributed by atoms with E-state index in [1.807, 2.05) is 121 Å². The summed E-state index contributed by atoms with van der Waals surface area (Å²) in [6.45, 7) is 2.30. The minimum Gasteiger partial charge on any atom is -0.465 e. The molecular weight excluding hydrogens is 1960 g/mol. The van der Waals surface area contributed by atoms with E-state index in [4.69, 9.17) is 4.74 Å². The third kappa shape index (κ3) is 21.2. The molecule has 0 spiro atoms. The summed E-state index contributed by atoms with van der Waals surface area (Å²) < 4.78 is 201. The van der Waals surface area contributed by atoms with Crippen molar-refractivity contribution in [3.05, 3.63) is 375 Å². The molecule has 710 valence electrons. The fourth-order valence-electron chi connectivity index (χ4n) is 16.2. The predicted molar refractivity (Wildman–Crippen MR) is 518 cm³/mol. The van der Waals surface area contributed by atoms with E-state index >= 15 is 0 Å². The molecule has 140 heavy (non-hydrogen) atoms. The molecule has 0 aliphatic carbocycles. The van der Waals surface area contributed by atoms with Crippen LogP contribution in [0.2, 0.25) is 0 Å². The maximum absolute atomic E-state index is 14.4. The lowest BCUT2D eigenvalue weighted by Crippen LogP contribution is -2.17. The Balaban J connectivity index is 0.000000129. The smallest absolute Gasteiger partial charge is 0.419 e. The Hall–Kier alpha value is -14.3. The summed E-state index contributed by atoms with van der Waals surface area (Å²) in [5, 5.41) is -0.103. The number of rotatable bonds is 21. The van der Waals surface area contributed by atoms with Gasteiger partial charge in [-0.15, -0.1) is 45.3 Å². The second kappa shape index (κ2) is 39.6. The zero-order valence-electron chi connectivity index (χ0n) is 74.3. The van der Waals surface area contributed by atoms with Gasteiger partial charge in [-0.2, -0.15) is 17.6 Å². The normalized spacial score (nSPS) is 13.4. The van der Waals surface area contributed by atoms with Crippen molar-refractivity contribution >= 4 is 114 Å². The molecule has 20 rings (SSSR count). The van der Waals surface area contributed by atoms with Crippen LogP contribution in [0.15, 0.2) is 294 Å². The molecule has 9 aromatic heterocycles. The fourth-order valence-corrected chi connectivity index (χ4v) is 25.5. The third-order valence-corrected chi connectivity index (χ3v) is 34.6. The summed E-state index contributed by atoms with van der Waals surface area (Å²) in [5.74, 6) is -6.66. The molecule has 0 unspecified atom stereocenters. The Labute approximate surface area is 814 Å². The van der Waals surface area contributed by atoms with E-state index in [1.54, 1.807) is 102 Å². The van der Waals surface area contributed by atoms with Crippen molar-refractivity contribution in [2.24, 2.45) is 0 Å². The highest BCUT2D eigenvalue weighted by atomic mass is 32.2. The summed E-state index contributed by atoms with van der Waals surface area (Å²) in [5.41, 5.74) is 13.4. The van der Waals surface area contributed by atoms with E-state index in [9.17, 15) is 88.4 Å². The summed E-state index contributed by atoms with van der Waals surface area (Å²) in [6, 6.07) is 59.8. The first-order valence-corrected chi connectivity index (χ1v) is 52.3. The number of amides is 4. The summed E-state index contributed by atoms with van der Waals surface area (Å²) in [4.78, 5) is 93.7. The zero-order chi connectivity index (χ0) is 99.2. The van der Waals surface area contributed by atoms with Crippen LogP contribution in [0, 0.1) is 23.4 Å². The largest absolute Gasteiger partial charge is 0.465 e. The van der Waals surface area contributed by atoms with Gasteiger partial charge in [0.15, 0.2) is 44.4 Å². The van der Waals surface area contributed by atoms with Gasteiger partial charge in [0, 0.05) is 199 Å². The van der Waals surface area contributed by atoms with Crippen molar-refractivity contribution in [2.45, 2.75) is 75.1 Å². The quantitative estimate of drug-likeness (QED) is 0.0279. The van der Waals surface area contributed by atoms with Crippen molar-refractivity contribution in [1.82, 2.24) is 44.5 Å². The Morgan fingerprint density at radius 2 is 0.750 bits per heavy atom. The number of alkyl halides is 3. The van der Waals surface area contributed by atoms with Crippen LogP contribution in [0.3, 0.4) is 0 Å². The van der Waals surface area contributed by atoms with Gasteiger partial charge in [-0.25, -0.2) is 61.6 Å². The topological polar surface area (TPSA) is 309 Å². The molecule has 0 N–H and O–H groups in total. The Kier molecular flexibility index (Phi) is 27.5. The number of benzene rings is 7. The van der Waals surface area contributed by atoms with Crippen LogP contribution in [0.4, 0.5) is 30.7 Å². The molecule has 0 radical (unpaired) electrons. The molecule has 0 bridgehead atoms. The van der Waals surface area contributed by atoms with Crippen molar-refractivity contribution in [1.29, 1.82) is 0 Å². The molecule has 4 amide bonds. The molecule has 0 saturated carbocycles. The minimum absolute atomic E-state index is 0.00724. The molecule has 38 heteroatoms. The maximum Gasteiger partial charge on any atom is 0.419 e. The number of sulfone groups is 4. The van der Waals surface area contributed by atoms with E-state index in [2.05, 4.69) is 31.0 Å². The first-order valence-electron chi connectivity index (χ1n) is 42.4. The monoisotopic (exact) mass is 2040 g/mol. The van der Waals surface area contributed by atoms with E-state index in [-0.39, 0.29) is 56.0 Å². The van der Waals surface area contributed by atoms with E-state index in [0.29, 0.717) is 72.2 Å². The number of pyridine rings is 5. The lowest BCUT2D eigenvalue weighted by atomic mass is 10.1. The number of carbonyl (C=O) groups is 5. The minimum atomic E-state index is -5.02. The Bertz CT molecular complexity index is 8180. The first-order chi connectivity index (χ1) is 66.7. The van der Waals surface area contributed by atoms with Crippen molar-refractivity contribution in [3.63, 3.8) is 0 Å². The Morgan fingerprint density at radius 3 is 1.13 bits per heavy atom. The van der Waals surface area contributed by atoms with Crippen LogP contribution in [-0.2, 0) is 99.5 Å². The number of carbonyl (C=O) groups excluding carboxylic acids is 5. The average Bonchev–Trinajstić information content (AvgIpc) is 1.43. The molecular formula is C102H76F7N9O14S8. The highest BCUT2D eigenvalue weighted by molar-refractivity contribution is 7.91. The number of ether oxygens (including phenoxy) is 1. The fraction of sp³-hybridized carbons (Fsp3) is 0.137. The van der Waals surface area contributed by atoms with Crippen LogP contribution in [0.1, 0.15) is 102 Å². The first kappa shape index (κ1) is 97.4. The molecule has 4 aliphatic rings. The third-order valence-electron chi connectivity index (χ3n) is 23.2. The van der Waals surface area contributed by atoms with E-state index in [0.717, 1.165) is 130 Å². The van der Waals surface area contributed by atoms with Crippen LogP contribution in [0.25, 0.3) is 83.5 Å². The second-order valence-electron chi connectivity index (χ2n) is 33.1. The van der Waals surface area contributed by atoms with Gasteiger partial charge in [0.25, 0.3) is 23.6 Å². The van der Waals surface area contributed by atoms with Crippen LogP contribution >= 0.6 is 45.3 Å². The number of aromatic nitrogens is 5. The van der Waals surface area contributed by atoms with Gasteiger partial charge in [-0.3, -0.25) is 34.1 Å². The number of hydrogen-bond donors (Lipinski definition) is 0. The highest BCUT2D eigenvalue weighted by Gasteiger charge is 2.37. The predicted octanol–water partition coefficient (Wildman–Crippen LogP) is 20.9. The van der Waals surface area contributed by atoms with Crippen molar-refractivity contribution in [2.75, 3.05) is 35.3 Å². The van der Waals surface area contributed by atoms with Gasteiger partial charge in [0.1, 0.15) is 22.3 Å². The van der Waals surface area contributed by atoms with Crippen LogP contribution in [0.5, 0.6) is 0 Å². The number of fused-ring (bicyclic) bond motifs is 4. The highest BCUT2D eigenvalue weighted by Crippen LogP contribution is 2.44. The van der Waals surface area contributed by atoms with Gasteiger partial charge >= 0.3 is 12.1 Å². The molecule has 23 nitrogen and oxygen atoms in total. The summed E-state index contributed by atoms with van der Waals surface area (Å²) in [7, 11) is -7.39. The number of esters is 1. The van der Waals surface area contributed by atoms with Gasteiger partial charge in [-0.1, -0.05) is 36.4 Å². The van der Waals surface area contributed by atoms with Gasteiger partial charge in [0.05, 0.1) is 51.0 Å². The molecule has 0 fully saturated rings. The maximum atomic E-state index is 14.4. The molecule has 4 aliphatic heterocycles. The molecule has 13 heterocycles. The number of thiophene rings is 4. The van der Waals surface area contributed by atoms with Gasteiger partial charge in [0.2, 0.25) is 5.95 Å². The lowest BCUT2D eigenvalue weighted by Gasteiger charge is -2.11. The number of nitrogens with zero attached hydrogens (tertiary/aromatic N) is 9.